The number of methoxy groups -OCH3 is 1. The molecule has 0 aromatic heterocycles. The Labute approximate surface area is 299 Å². The summed E-state index contributed by atoms with van der Waals surface area (Å²) in [7, 11) is 1.58. The number of aliphatic hydroxyl groups is 3. The molecule has 3 aliphatic heterocycles. The van der Waals surface area contributed by atoms with Crippen LogP contribution in [0.5, 0.6) is 0 Å². The summed E-state index contributed by atoms with van der Waals surface area (Å²) in [6.07, 6.45) is 11.8. The SMILES string of the molecule is CCC(O)C(C)C1OC1CC(C)(O)/C=C/C=C(\C)C1OC(=O)CC(O)CCC(C)(OC)C(OC(=O)N2CCCN(C3CCC3)CC2)/C=C\C1C. The van der Waals surface area contributed by atoms with E-state index in [2.05, 4.69) is 4.90 Å². The molecule has 10 unspecified atom stereocenters. The number of hydrogen-bond donors (Lipinski definition) is 3. The standard InChI is InChI=1S/C39H64N2O9/c1-8-31(43)28(4)36-32(48-36)25-38(5,46)18-10-12-26(2)35-27(3)15-16-33(39(6,47-7)19-17-30(42)24-34(44)50-35)49-37(45)41-21-11-20-40(22-23-41)29-13-9-14-29/h10,12,15-16,18,27-33,35-36,42-43,46H,8-9,11,13-14,17,19-25H2,1-7H3/b16-15-,18-10+,26-12+. The van der Waals surface area contributed by atoms with Gasteiger partial charge in [-0.15, -0.1) is 0 Å². The van der Waals surface area contributed by atoms with Crippen LogP contribution in [0.2, 0.25) is 0 Å². The van der Waals surface area contributed by atoms with E-state index in [4.69, 9.17) is 18.9 Å². The average molecular weight is 705 g/mol. The van der Waals surface area contributed by atoms with Crippen LogP contribution in [-0.4, -0.2) is 124 Å². The smallest absolute Gasteiger partial charge is 0.410 e. The normalized spacial score (nSPS) is 35.4. The van der Waals surface area contributed by atoms with E-state index in [1.54, 1.807) is 31.1 Å². The minimum atomic E-state index is -1.14. The molecule has 4 aliphatic rings. The van der Waals surface area contributed by atoms with E-state index in [9.17, 15) is 24.9 Å². The number of rotatable bonds is 11. The molecule has 3 N–H and O–H groups in total. The molecule has 0 radical (unpaired) electrons. The number of nitrogens with zero attached hydrogens (tertiary/aromatic N) is 2. The Morgan fingerprint density at radius 1 is 1.18 bits per heavy atom. The maximum atomic E-state index is 13.6. The molecule has 3 fully saturated rings. The molecule has 2 saturated heterocycles. The summed E-state index contributed by atoms with van der Waals surface area (Å²) in [5, 5.41) is 32.1. The van der Waals surface area contributed by atoms with E-state index < -0.39 is 41.6 Å². The molecule has 0 spiro atoms. The van der Waals surface area contributed by atoms with Crippen LogP contribution in [0.15, 0.2) is 36.0 Å². The number of amides is 1. The minimum absolute atomic E-state index is 0.00230. The van der Waals surface area contributed by atoms with Gasteiger partial charge < -0.3 is 39.2 Å². The van der Waals surface area contributed by atoms with E-state index in [1.807, 2.05) is 52.8 Å². The van der Waals surface area contributed by atoms with Gasteiger partial charge in [-0.25, -0.2) is 4.79 Å². The molecule has 10 atom stereocenters. The number of carbonyl (C=O) groups is 2. The Morgan fingerprint density at radius 2 is 1.92 bits per heavy atom. The van der Waals surface area contributed by atoms with Crippen molar-refractivity contribution in [3.05, 3.63) is 36.0 Å². The van der Waals surface area contributed by atoms with Crippen LogP contribution < -0.4 is 0 Å². The first-order chi connectivity index (χ1) is 23.7. The quantitative estimate of drug-likeness (QED) is 0.117. The zero-order chi connectivity index (χ0) is 36.6. The molecule has 0 aromatic rings. The second kappa shape index (κ2) is 18.0. The van der Waals surface area contributed by atoms with Crippen LogP contribution in [0.4, 0.5) is 4.79 Å². The third kappa shape index (κ3) is 11.1. The zero-order valence-corrected chi connectivity index (χ0v) is 31.5. The summed E-state index contributed by atoms with van der Waals surface area (Å²) < 4.78 is 23.9. The van der Waals surface area contributed by atoms with Crippen LogP contribution in [-0.2, 0) is 23.7 Å². The molecule has 0 aromatic carbocycles. The van der Waals surface area contributed by atoms with Gasteiger partial charge in [0.25, 0.3) is 0 Å². The number of allylic oxidation sites excluding steroid dienone is 2. The summed E-state index contributed by atoms with van der Waals surface area (Å²) in [6, 6.07) is 0.633. The van der Waals surface area contributed by atoms with E-state index in [1.165, 1.54) is 19.3 Å². The van der Waals surface area contributed by atoms with E-state index in [0.29, 0.717) is 38.4 Å². The van der Waals surface area contributed by atoms with E-state index in [-0.39, 0.29) is 43.0 Å². The molecule has 0 bridgehead atoms. The number of aliphatic hydroxyl groups excluding tert-OH is 2. The van der Waals surface area contributed by atoms with Crippen molar-refractivity contribution in [2.45, 2.75) is 153 Å². The van der Waals surface area contributed by atoms with Crippen molar-refractivity contribution in [1.29, 1.82) is 0 Å². The first-order valence-corrected chi connectivity index (χ1v) is 18.9. The van der Waals surface area contributed by atoms with E-state index in [0.717, 1.165) is 25.1 Å². The zero-order valence-electron chi connectivity index (χ0n) is 31.5. The number of carbonyl (C=O) groups excluding carboxylic acids is 2. The van der Waals surface area contributed by atoms with Crippen molar-refractivity contribution >= 4 is 12.1 Å². The van der Waals surface area contributed by atoms with Gasteiger partial charge in [0.05, 0.1) is 36.4 Å². The second-order valence-corrected chi connectivity index (χ2v) is 15.6. The van der Waals surface area contributed by atoms with Crippen molar-refractivity contribution in [2.24, 2.45) is 11.8 Å². The highest BCUT2D eigenvalue weighted by atomic mass is 16.6. The molecule has 1 saturated carbocycles. The molecule has 1 amide bonds. The largest absolute Gasteiger partial charge is 0.457 e. The Balaban J connectivity index is 1.47. The van der Waals surface area contributed by atoms with Gasteiger partial charge in [0, 0.05) is 57.6 Å². The summed E-state index contributed by atoms with van der Waals surface area (Å²) in [5.41, 5.74) is -1.33. The summed E-state index contributed by atoms with van der Waals surface area (Å²) >= 11 is 0. The minimum Gasteiger partial charge on any atom is -0.457 e. The van der Waals surface area contributed by atoms with Gasteiger partial charge in [0.1, 0.15) is 11.7 Å². The average Bonchev–Trinajstić information content (AvgIpc) is 3.84. The van der Waals surface area contributed by atoms with Crippen molar-refractivity contribution in [3.8, 4) is 0 Å². The van der Waals surface area contributed by atoms with Gasteiger partial charge in [0.2, 0.25) is 0 Å². The topological polar surface area (TPSA) is 142 Å². The lowest BCUT2D eigenvalue weighted by atomic mass is 9.88. The van der Waals surface area contributed by atoms with Crippen molar-refractivity contribution < 1.29 is 43.9 Å². The molecule has 284 valence electrons. The van der Waals surface area contributed by atoms with Crippen molar-refractivity contribution in [2.75, 3.05) is 33.3 Å². The van der Waals surface area contributed by atoms with E-state index >= 15 is 0 Å². The van der Waals surface area contributed by atoms with Crippen LogP contribution >= 0.6 is 0 Å². The van der Waals surface area contributed by atoms with Crippen LogP contribution in [0.1, 0.15) is 99.3 Å². The summed E-state index contributed by atoms with van der Waals surface area (Å²) in [6.45, 7) is 14.4. The lowest BCUT2D eigenvalue weighted by Crippen LogP contribution is -2.47. The fraction of sp³-hybridized carbons (Fsp3) is 0.795. The molecule has 11 heteroatoms. The number of esters is 1. The molecule has 11 nitrogen and oxygen atoms in total. The van der Waals surface area contributed by atoms with Gasteiger partial charge in [-0.05, 0) is 70.9 Å². The van der Waals surface area contributed by atoms with Crippen LogP contribution in [0.25, 0.3) is 0 Å². The lowest BCUT2D eigenvalue weighted by molar-refractivity contribution is -0.151. The predicted molar refractivity (Wildman–Crippen MR) is 191 cm³/mol. The Hall–Kier alpha value is -2.28. The van der Waals surface area contributed by atoms with Crippen molar-refractivity contribution in [1.82, 2.24) is 9.80 Å². The molecular weight excluding hydrogens is 640 g/mol. The number of epoxide rings is 1. The third-order valence-corrected chi connectivity index (χ3v) is 11.4. The molecule has 50 heavy (non-hydrogen) atoms. The highest BCUT2D eigenvalue weighted by Gasteiger charge is 2.47. The lowest BCUT2D eigenvalue weighted by Gasteiger charge is -2.37. The summed E-state index contributed by atoms with van der Waals surface area (Å²) in [4.78, 5) is 30.9. The first kappa shape index (κ1) is 40.5. The van der Waals surface area contributed by atoms with Gasteiger partial charge in [-0.3, -0.25) is 9.69 Å². The monoisotopic (exact) mass is 704 g/mol. The molecular formula is C39H64N2O9. The number of cyclic esters (lactones) is 1. The van der Waals surface area contributed by atoms with Gasteiger partial charge in [0.15, 0.2) is 6.10 Å². The molecule has 3 heterocycles. The maximum absolute atomic E-state index is 13.6. The van der Waals surface area contributed by atoms with Gasteiger partial charge >= 0.3 is 12.1 Å². The highest BCUT2D eigenvalue weighted by molar-refractivity contribution is 5.70. The number of hydrogen-bond acceptors (Lipinski definition) is 10. The van der Waals surface area contributed by atoms with Gasteiger partial charge in [-0.1, -0.05) is 51.5 Å². The Kier molecular flexibility index (Phi) is 14.6. The maximum Gasteiger partial charge on any atom is 0.410 e. The molecule has 1 aliphatic carbocycles. The summed E-state index contributed by atoms with van der Waals surface area (Å²) in [5.74, 6) is -0.826. The van der Waals surface area contributed by atoms with Crippen LogP contribution in [0, 0.1) is 11.8 Å². The third-order valence-electron chi connectivity index (χ3n) is 11.4. The highest BCUT2D eigenvalue weighted by Crippen LogP contribution is 2.38. The fourth-order valence-electron chi connectivity index (χ4n) is 7.43. The Bertz CT molecular complexity index is 1220. The van der Waals surface area contributed by atoms with Crippen molar-refractivity contribution in [3.63, 3.8) is 0 Å². The predicted octanol–water partition coefficient (Wildman–Crippen LogP) is 4.92. The second-order valence-electron chi connectivity index (χ2n) is 15.6. The fourth-order valence-corrected chi connectivity index (χ4v) is 7.43. The van der Waals surface area contributed by atoms with Gasteiger partial charge in [-0.2, -0.15) is 0 Å². The Morgan fingerprint density at radius 3 is 2.58 bits per heavy atom. The van der Waals surface area contributed by atoms with Crippen LogP contribution in [0.3, 0.4) is 0 Å². The number of ether oxygens (including phenoxy) is 4. The molecule has 4 rings (SSSR count). The first-order valence-electron chi connectivity index (χ1n) is 18.9.